The first-order valence-electron chi connectivity index (χ1n) is 9.79. The third-order valence-corrected chi connectivity index (χ3v) is 5.99. The number of benzene rings is 1. The lowest BCUT2D eigenvalue weighted by atomic mass is 9.86. The quantitative estimate of drug-likeness (QED) is 0.733. The molecule has 28 heavy (non-hydrogen) atoms. The average Bonchev–Trinajstić information content (AvgIpc) is 3.45. The highest BCUT2D eigenvalue weighted by Crippen LogP contribution is 2.37. The van der Waals surface area contributed by atoms with Gasteiger partial charge in [-0.2, -0.15) is 5.10 Å². The van der Waals surface area contributed by atoms with Crippen molar-refractivity contribution in [1.82, 2.24) is 25.0 Å². The van der Waals surface area contributed by atoms with Gasteiger partial charge in [0.25, 0.3) is 0 Å². The van der Waals surface area contributed by atoms with Gasteiger partial charge >= 0.3 is 0 Å². The standard InChI is InChI=1S/C22H25N5.ClH/c1-2-6-20(7-3-1)27-15-19(21(25-27)18-5-4-10-23-13-18)14-26-12-9-22(17-26)8-11-24-16-22;/h1-7,10,13,15,24H,8-9,11-12,14,16-17H2;1H. The van der Waals surface area contributed by atoms with E-state index in [2.05, 4.69) is 51.7 Å². The number of aromatic nitrogens is 3. The summed E-state index contributed by atoms with van der Waals surface area (Å²) in [6.07, 6.45) is 8.52. The smallest absolute Gasteiger partial charge is 0.0988 e. The molecule has 1 aromatic carbocycles. The van der Waals surface area contributed by atoms with Gasteiger partial charge in [-0.25, -0.2) is 4.68 Å². The third-order valence-electron chi connectivity index (χ3n) is 5.99. The van der Waals surface area contributed by atoms with Crippen molar-refractivity contribution in [2.75, 3.05) is 26.2 Å². The van der Waals surface area contributed by atoms with Gasteiger partial charge < -0.3 is 5.32 Å². The summed E-state index contributed by atoms with van der Waals surface area (Å²) in [6.45, 7) is 5.63. The summed E-state index contributed by atoms with van der Waals surface area (Å²) < 4.78 is 2.00. The van der Waals surface area contributed by atoms with Crippen LogP contribution in [0.1, 0.15) is 18.4 Å². The summed E-state index contributed by atoms with van der Waals surface area (Å²) in [4.78, 5) is 6.90. The lowest BCUT2D eigenvalue weighted by Crippen LogP contribution is -2.29. The second-order valence-electron chi connectivity index (χ2n) is 7.91. The highest BCUT2D eigenvalue weighted by atomic mass is 35.5. The Morgan fingerprint density at radius 2 is 1.96 bits per heavy atom. The van der Waals surface area contributed by atoms with E-state index in [9.17, 15) is 0 Å². The van der Waals surface area contributed by atoms with E-state index in [4.69, 9.17) is 5.10 Å². The number of pyridine rings is 1. The highest BCUT2D eigenvalue weighted by Gasteiger charge is 2.40. The van der Waals surface area contributed by atoms with Crippen LogP contribution >= 0.6 is 12.4 Å². The zero-order valence-corrected chi connectivity index (χ0v) is 16.7. The van der Waals surface area contributed by atoms with Crippen LogP contribution in [0.5, 0.6) is 0 Å². The topological polar surface area (TPSA) is 46.0 Å². The number of nitrogens with one attached hydrogen (secondary N) is 1. The number of halogens is 1. The van der Waals surface area contributed by atoms with Crippen molar-refractivity contribution in [3.8, 4) is 16.9 Å². The minimum Gasteiger partial charge on any atom is -0.316 e. The van der Waals surface area contributed by atoms with Crippen LogP contribution in [0.4, 0.5) is 0 Å². The fourth-order valence-corrected chi connectivity index (χ4v) is 4.53. The molecule has 1 atom stereocenters. The monoisotopic (exact) mass is 395 g/mol. The molecule has 2 aliphatic rings. The van der Waals surface area contributed by atoms with E-state index in [1.54, 1.807) is 0 Å². The maximum Gasteiger partial charge on any atom is 0.0988 e. The first-order chi connectivity index (χ1) is 13.3. The second-order valence-corrected chi connectivity index (χ2v) is 7.91. The van der Waals surface area contributed by atoms with Crippen molar-refractivity contribution < 1.29 is 0 Å². The van der Waals surface area contributed by atoms with E-state index in [-0.39, 0.29) is 12.4 Å². The fraction of sp³-hybridized carbons (Fsp3) is 0.364. The molecule has 146 valence electrons. The Balaban J connectivity index is 0.00000192. The molecule has 0 radical (unpaired) electrons. The number of nitrogens with zero attached hydrogens (tertiary/aromatic N) is 4. The molecular formula is C22H26ClN5. The normalized spacial score (nSPS) is 21.9. The van der Waals surface area contributed by atoms with Gasteiger partial charge in [-0.05, 0) is 55.6 Å². The van der Waals surface area contributed by atoms with Crippen molar-refractivity contribution in [2.24, 2.45) is 5.41 Å². The van der Waals surface area contributed by atoms with E-state index in [0.29, 0.717) is 5.41 Å². The van der Waals surface area contributed by atoms with Crippen LogP contribution in [0.2, 0.25) is 0 Å². The molecule has 3 aromatic rings. The van der Waals surface area contributed by atoms with Crippen molar-refractivity contribution in [2.45, 2.75) is 19.4 Å². The second kappa shape index (κ2) is 8.03. The average molecular weight is 396 g/mol. The predicted molar refractivity (Wildman–Crippen MR) is 114 cm³/mol. The van der Waals surface area contributed by atoms with Crippen molar-refractivity contribution in [3.63, 3.8) is 0 Å². The molecule has 2 aliphatic heterocycles. The lowest BCUT2D eigenvalue weighted by molar-refractivity contribution is 0.269. The van der Waals surface area contributed by atoms with Gasteiger partial charge in [-0.1, -0.05) is 18.2 Å². The van der Waals surface area contributed by atoms with Crippen molar-refractivity contribution in [3.05, 3.63) is 66.6 Å². The summed E-state index contributed by atoms with van der Waals surface area (Å²) >= 11 is 0. The highest BCUT2D eigenvalue weighted by molar-refractivity contribution is 5.85. The number of rotatable bonds is 4. The molecule has 1 spiro atoms. The summed E-state index contributed by atoms with van der Waals surface area (Å²) in [7, 11) is 0. The zero-order valence-electron chi connectivity index (χ0n) is 15.9. The third kappa shape index (κ3) is 3.70. The number of likely N-dealkylation sites (tertiary alicyclic amines) is 1. The molecule has 0 bridgehead atoms. The van der Waals surface area contributed by atoms with Gasteiger partial charge in [0.2, 0.25) is 0 Å². The van der Waals surface area contributed by atoms with Gasteiger partial charge in [0.05, 0.1) is 11.4 Å². The lowest BCUT2D eigenvalue weighted by Gasteiger charge is -2.22. The fourth-order valence-electron chi connectivity index (χ4n) is 4.53. The molecule has 1 unspecified atom stereocenters. The first-order valence-corrected chi connectivity index (χ1v) is 9.79. The molecule has 5 rings (SSSR count). The molecule has 5 nitrogen and oxygen atoms in total. The zero-order chi connectivity index (χ0) is 18.1. The molecule has 2 saturated heterocycles. The number of hydrogen-bond acceptors (Lipinski definition) is 4. The van der Waals surface area contributed by atoms with E-state index in [1.807, 2.05) is 29.2 Å². The summed E-state index contributed by atoms with van der Waals surface area (Å²) in [5.41, 5.74) is 4.97. The Morgan fingerprint density at radius 1 is 1.07 bits per heavy atom. The number of hydrogen-bond donors (Lipinski definition) is 1. The van der Waals surface area contributed by atoms with E-state index in [0.717, 1.165) is 23.5 Å². The summed E-state index contributed by atoms with van der Waals surface area (Å²) in [5, 5.41) is 8.47. The largest absolute Gasteiger partial charge is 0.316 e. The molecule has 0 saturated carbocycles. The molecule has 1 N–H and O–H groups in total. The first kappa shape index (κ1) is 19.1. The van der Waals surface area contributed by atoms with Crippen LogP contribution in [0, 0.1) is 5.41 Å². The van der Waals surface area contributed by atoms with Gasteiger partial charge in [0.15, 0.2) is 0 Å². The maximum absolute atomic E-state index is 4.92. The van der Waals surface area contributed by atoms with Gasteiger partial charge in [0.1, 0.15) is 0 Å². The minimum absolute atomic E-state index is 0. The molecule has 2 aromatic heterocycles. The van der Waals surface area contributed by atoms with Crippen LogP contribution in [0.3, 0.4) is 0 Å². The maximum atomic E-state index is 4.92. The molecule has 2 fully saturated rings. The molecule has 0 amide bonds. The Morgan fingerprint density at radius 3 is 2.71 bits per heavy atom. The Kier molecular flexibility index (Phi) is 5.49. The van der Waals surface area contributed by atoms with E-state index < -0.39 is 0 Å². The van der Waals surface area contributed by atoms with Crippen LogP contribution < -0.4 is 5.32 Å². The predicted octanol–water partition coefficient (Wildman–Crippen LogP) is 3.54. The Labute approximate surface area is 172 Å². The van der Waals surface area contributed by atoms with E-state index in [1.165, 1.54) is 44.6 Å². The minimum atomic E-state index is 0. The molecule has 4 heterocycles. The molecule has 0 aliphatic carbocycles. The SMILES string of the molecule is Cl.c1ccc(-n2cc(CN3CCC4(CCNC4)C3)c(-c3cccnc3)n2)cc1. The summed E-state index contributed by atoms with van der Waals surface area (Å²) in [6, 6.07) is 14.4. The Bertz CT molecular complexity index is 903. The Hall–Kier alpha value is -2.21. The van der Waals surface area contributed by atoms with Gasteiger partial charge in [-0.15, -0.1) is 12.4 Å². The van der Waals surface area contributed by atoms with Crippen molar-refractivity contribution >= 4 is 12.4 Å². The molecular weight excluding hydrogens is 370 g/mol. The number of para-hydroxylation sites is 1. The van der Waals surface area contributed by atoms with Crippen LogP contribution in [-0.4, -0.2) is 45.8 Å². The van der Waals surface area contributed by atoms with Gasteiger partial charge in [0, 0.05) is 49.4 Å². The van der Waals surface area contributed by atoms with Crippen LogP contribution in [-0.2, 0) is 6.54 Å². The van der Waals surface area contributed by atoms with Crippen LogP contribution in [0.15, 0.2) is 61.1 Å². The summed E-state index contributed by atoms with van der Waals surface area (Å²) in [5.74, 6) is 0. The van der Waals surface area contributed by atoms with E-state index >= 15 is 0 Å². The van der Waals surface area contributed by atoms with Crippen LogP contribution in [0.25, 0.3) is 16.9 Å². The van der Waals surface area contributed by atoms with Gasteiger partial charge in [-0.3, -0.25) is 9.88 Å². The van der Waals surface area contributed by atoms with Crippen molar-refractivity contribution in [1.29, 1.82) is 0 Å². The molecule has 6 heteroatoms.